The maximum absolute atomic E-state index is 13.6. The van der Waals surface area contributed by atoms with Crippen molar-refractivity contribution in [3.05, 3.63) is 18.0 Å². The van der Waals surface area contributed by atoms with E-state index < -0.39 is 0 Å². The van der Waals surface area contributed by atoms with Crippen LogP contribution in [0.1, 0.15) is 84.6 Å². The number of nitrogens with zero attached hydrogens (tertiary/aromatic N) is 3. The Labute approximate surface area is 194 Å². The number of carbonyl (C=O) groups is 1. The Morgan fingerprint density at radius 3 is 2.69 bits per heavy atom. The second kappa shape index (κ2) is 8.30. The zero-order valence-corrected chi connectivity index (χ0v) is 20.5. The summed E-state index contributed by atoms with van der Waals surface area (Å²) in [6.45, 7) is 10.0. The quantitative estimate of drug-likeness (QED) is 0.573. The molecule has 0 radical (unpaired) electrons. The van der Waals surface area contributed by atoms with Crippen LogP contribution in [0, 0.1) is 70.0 Å². The molecule has 4 nitrogen and oxygen atoms in total. The van der Waals surface area contributed by atoms with Crippen LogP contribution in [0.15, 0.2) is 12.4 Å². The maximum atomic E-state index is 13.6. The van der Waals surface area contributed by atoms with Crippen LogP contribution in [0.3, 0.4) is 0 Å². The van der Waals surface area contributed by atoms with E-state index in [1.165, 1.54) is 44.9 Å². The third kappa shape index (κ3) is 3.55. The van der Waals surface area contributed by atoms with Crippen molar-refractivity contribution in [2.75, 3.05) is 0 Å². The van der Waals surface area contributed by atoms with Crippen LogP contribution in [0.4, 0.5) is 0 Å². The highest BCUT2D eigenvalue weighted by Gasteiger charge is 2.61. The molecule has 32 heavy (non-hydrogen) atoms. The Morgan fingerprint density at radius 1 is 1.19 bits per heavy atom. The molecule has 1 aromatic heterocycles. The highest BCUT2D eigenvalue weighted by Crippen LogP contribution is 2.67. The molecule has 9 atom stereocenters. The average Bonchev–Trinajstić information content (AvgIpc) is 3.34. The highest BCUT2D eigenvalue weighted by molar-refractivity contribution is 5.82. The third-order valence-electron chi connectivity index (χ3n) is 10.6. The fourth-order valence-electron chi connectivity index (χ4n) is 9.23. The lowest BCUT2D eigenvalue weighted by Gasteiger charge is -2.57. The molecule has 0 aromatic carbocycles. The van der Waals surface area contributed by atoms with Crippen LogP contribution in [-0.4, -0.2) is 15.6 Å². The highest BCUT2D eigenvalue weighted by atomic mass is 16.1. The van der Waals surface area contributed by atoms with E-state index in [4.69, 9.17) is 5.26 Å². The van der Waals surface area contributed by atoms with Crippen molar-refractivity contribution < 1.29 is 4.79 Å². The molecule has 0 aliphatic heterocycles. The fraction of sp³-hybridized carbons (Fsp3) is 0.821. The minimum Gasteiger partial charge on any atom is -0.297 e. The van der Waals surface area contributed by atoms with Gasteiger partial charge >= 0.3 is 0 Å². The maximum Gasteiger partial charge on any atom is 0.157 e. The standard InChI is InChI=1S/C28H41N3O/c1-17(2)24-12-25(26(32)16-31-15-19(13-29)14-30-31)28(4)10-9-22-21-7-5-18(3)11-20(21)6-8-23(22)27(24)28/h14-15,17-18,20-25,27H,5-12,16H2,1-4H3. The molecule has 4 saturated carbocycles. The van der Waals surface area contributed by atoms with Crippen molar-refractivity contribution in [1.29, 1.82) is 5.26 Å². The van der Waals surface area contributed by atoms with Gasteiger partial charge in [0.1, 0.15) is 6.07 Å². The van der Waals surface area contributed by atoms with Gasteiger partial charge in [0.15, 0.2) is 5.78 Å². The number of rotatable bonds is 4. The van der Waals surface area contributed by atoms with Gasteiger partial charge < -0.3 is 0 Å². The number of ketones is 1. The first-order valence-corrected chi connectivity index (χ1v) is 13.3. The molecule has 9 unspecified atom stereocenters. The van der Waals surface area contributed by atoms with Crippen LogP contribution in [0.5, 0.6) is 0 Å². The summed E-state index contributed by atoms with van der Waals surface area (Å²) in [5, 5.41) is 13.4. The van der Waals surface area contributed by atoms with Crippen LogP contribution in [-0.2, 0) is 11.3 Å². The van der Waals surface area contributed by atoms with Gasteiger partial charge in [-0.1, -0.05) is 34.1 Å². The summed E-state index contributed by atoms with van der Waals surface area (Å²) in [6, 6.07) is 2.13. The van der Waals surface area contributed by atoms with Crippen LogP contribution < -0.4 is 0 Å². The average molecular weight is 436 g/mol. The molecular weight excluding hydrogens is 394 g/mol. The molecule has 0 amide bonds. The van der Waals surface area contributed by atoms with E-state index in [9.17, 15) is 4.79 Å². The van der Waals surface area contributed by atoms with E-state index in [0.29, 0.717) is 35.6 Å². The summed E-state index contributed by atoms with van der Waals surface area (Å²) in [4.78, 5) is 13.6. The molecule has 5 rings (SSSR count). The van der Waals surface area contributed by atoms with Crippen molar-refractivity contribution in [2.24, 2.45) is 58.7 Å². The first kappa shape index (κ1) is 22.2. The van der Waals surface area contributed by atoms with E-state index >= 15 is 0 Å². The van der Waals surface area contributed by atoms with Crippen LogP contribution in [0.25, 0.3) is 0 Å². The van der Waals surface area contributed by atoms with Gasteiger partial charge in [-0.15, -0.1) is 0 Å². The Bertz CT molecular complexity index is 897. The van der Waals surface area contributed by atoms with Gasteiger partial charge in [0.2, 0.25) is 0 Å². The van der Waals surface area contributed by atoms with Gasteiger partial charge in [-0.2, -0.15) is 10.4 Å². The van der Waals surface area contributed by atoms with Gasteiger partial charge in [0.05, 0.1) is 18.3 Å². The lowest BCUT2D eigenvalue weighted by atomic mass is 9.48. The fourth-order valence-corrected chi connectivity index (χ4v) is 9.23. The normalized spacial score (nSPS) is 43.2. The Balaban J connectivity index is 1.40. The summed E-state index contributed by atoms with van der Waals surface area (Å²) in [6.07, 6.45) is 14.1. The molecule has 4 aliphatic carbocycles. The largest absolute Gasteiger partial charge is 0.297 e. The molecule has 174 valence electrons. The number of aromatic nitrogens is 2. The van der Waals surface area contributed by atoms with Gasteiger partial charge in [-0.25, -0.2) is 0 Å². The van der Waals surface area contributed by atoms with Gasteiger partial charge in [0, 0.05) is 12.1 Å². The molecule has 0 N–H and O–H groups in total. The number of nitriles is 1. The SMILES string of the molecule is CC1CCC2C(CCC3C2CCC2(C)C(C(=O)Cn4cc(C#N)cn4)CC(C(C)C)C32)C1. The summed E-state index contributed by atoms with van der Waals surface area (Å²) < 4.78 is 1.68. The van der Waals surface area contributed by atoms with Crippen molar-refractivity contribution in [2.45, 2.75) is 85.6 Å². The summed E-state index contributed by atoms with van der Waals surface area (Å²) in [7, 11) is 0. The first-order chi connectivity index (χ1) is 15.3. The van der Waals surface area contributed by atoms with Crippen molar-refractivity contribution >= 4 is 5.78 Å². The zero-order valence-electron chi connectivity index (χ0n) is 20.5. The van der Waals surface area contributed by atoms with Crippen molar-refractivity contribution in [1.82, 2.24) is 9.78 Å². The van der Waals surface area contributed by atoms with E-state index in [0.717, 1.165) is 36.0 Å². The number of hydrogen-bond acceptors (Lipinski definition) is 3. The minimum absolute atomic E-state index is 0.132. The molecular formula is C28H41N3O. The second-order valence-corrected chi connectivity index (χ2v) is 12.5. The predicted molar refractivity (Wildman–Crippen MR) is 125 cm³/mol. The van der Waals surface area contributed by atoms with Crippen LogP contribution in [0.2, 0.25) is 0 Å². The lowest BCUT2D eigenvalue weighted by molar-refractivity contribution is -0.131. The van der Waals surface area contributed by atoms with Gasteiger partial charge in [-0.05, 0) is 97.7 Å². The summed E-state index contributed by atoms with van der Waals surface area (Å²) in [5.74, 6) is 7.03. The Hall–Kier alpha value is -1.63. The molecule has 0 saturated heterocycles. The van der Waals surface area contributed by atoms with Crippen molar-refractivity contribution in [3.8, 4) is 6.07 Å². The van der Waals surface area contributed by atoms with E-state index in [1.807, 2.05) is 0 Å². The lowest BCUT2D eigenvalue weighted by Crippen LogP contribution is -2.51. The number of fused-ring (bicyclic) bond motifs is 5. The monoisotopic (exact) mass is 435 g/mol. The molecule has 1 aromatic rings. The molecule has 1 heterocycles. The zero-order chi connectivity index (χ0) is 22.6. The Morgan fingerprint density at radius 2 is 1.97 bits per heavy atom. The van der Waals surface area contributed by atoms with E-state index in [-0.39, 0.29) is 11.3 Å². The van der Waals surface area contributed by atoms with Gasteiger partial charge in [0.25, 0.3) is 0 Å². The number of hydrogen-bond donors (Lipinski definition) is 0. The topological polar surface area (TPSA) is 58.7 Å². The smallest absolute Gasteiger partial charge is 0.157 e. The number of Topliss-reactive ketones (excluding diaryl/α,β-unsaturated/α-hetero) is 1. The molecule has 4 heteroatoms. The van der Waals surface area contributed by atoms with Gasteiger partial charge in [-0.3, -0.25) is 9.48 Å². The third-order valence-corrected chi connectivity index (χ3v) is 10.6. The van der Waals surface area contributed by atoms with E-state index in [2.05, 4.69) is 38.9 Å². The summed E-state index contributed by atoms with van der Waals surface area (Å²) in [5.41, 5.74) is 0.667. The number of carbonyl (C=O) groups excluding carboxylic acids is 1. The first-order valence-electron chi connectivity index (χ1n) is 13.3. The van der Waals surface area contributed by atoms with Crippen molar-refractivity contribution in [3.63, 3.8) is 0 Å². The summed E-state index contributed by atoms with van der Waals surface area (Å²) >= 11 is 0. The molecule has 0 spiro atoms. The molecule has 0 bridgehead atoms. The van der Waals surface area contributed by atoms with E-state index in [1.54, 1.807) is 17.1 Å². The Kier molecular flexibility index (Phi) is 5.75. The molecule has 4 fully saturated rings. The molecule has 4 aliphatic rings. The predicted octanol–water partition coefficient (Wildman–Crippen LogP) is 6.11. The minimum atomic E-state index is 0.132. The van der Waals surface area contributed by atoms with Crippen LogP contribution >= 0.6 is 0 Å². The second-order valence-electron chi connectivity index (χ2n) is 12.5.